The van der Waals surface area contributed by atoms with E-state index >= 15 is 0 Å². The van der Waals surface area contributed by atoms with Crippen LogP contribution in [0.5, 0.6) is 0 Å². The van der Waals surface area contributed by atoms with Gasteiger partial charge >= 0.3 is 12.1 Å². The third-order valence-electron chi connectivity index (χ3n) is 3.44. The molecule has 1 saturated carbocycles. The molecule has 2 aliphatic rings. The first-order valence-electron chi connectivity index (χ1n) is 6.04. The lowest BCUT2D eigenvalue weighted by Gasteiger charge is -2.34. The normalized spacial score (nSPS) is 31.7. The molecule has 1 amide bonds. The van der Waals surface area contributed by atoms with Gasteiger partial charge < -0.3 is 9.84 Å². The Kier molecular flexibility index (Phi) is 2.79. The maximum Gasteiger partial charge on any atom is 0.411 e. The van der Waals surface area contributed by atoms with Crippen molar-refractivity contribution in [2.45, 2.75) is 57.7 Å². The summed E-state index contributed by atoms with van der Waals surface area (Å²) in [5.41, 5.74) is -0.581. The molecule has 0 aromatic carbocycles. The number of likely N-dealkylation sites (tertiary alicyclic amines) is 1. The summed E-state index contributed by atoms with van der Waals surface area (Å²) >= 11 is 0. The van der Waals surface area contributed by atoms with Crippen LogP contribution in [-0.2, 0) is 9.53 Å². The fourth-order valence-electron chi connectivity index (χ4n) is 2.88. The average molecular weight is 241 g/mol. The van der Waals surface area contributed by atoms with Crippen molar-refractivity contribution >= 4 is 12.1 Å². The summed E-state index contributed by atoms with van der Waals surface area (Å²) in [6.07, 6.45) is 2.11. The molecule has 1 N–H and O–H groups in total. The second-order valence-electron chi connectivity index (χ2n) is 5.90. The highest BCUT2D eigenvalue weighted by atomic mass is 16.6. The highest BCUT2D eigenvalue weighted by Crippen LogP contribution is 2.43. The molecule has 1 heterocycles. The van der Waals surface area contributed by atoms with E-state index < -0.39 is 23.7 Å². The van der Waals surface area contributed by atoms with E-state index in [-0.39, 0.29) is 12.0 Å². The van der Waals surface area contributed by atoms with Crippen LogP contribution >= 0.6 is 0 Å². The van der Waals surface area contributed by atoms with Gasteiger partial charge in [-0.2, -0.15) is 0 Å². The molecule has 0 spiro atoms. The third-order valence-corrected chi connectivity index (χ3v) is 3.44. The van der Waals surface area contributed by atoms with E-state index in [9.17, 15) is 14.7 Å². The molecule has 2 rings (SSSR count). The molecule has 96 valence electrons. The molecule has 0 unspecified atom stereocenters. The molecule has 5 heteroatoms. The zero-order valence-corrected chi connectivity index (χ0v) is 10.5. The summed E-state index contributed by atoms with van der Waals surface area (Å²) in [4.78, 5) is 24.7. The quantitative estimate of drug-likeness (QED) is 0.761. The van der Waals surface area contributed by atoms with E-state index in [1.807, 2.05) is 0 Å². The SMILES string of the molecule is CC(C)(C)OC(=O)N1[C@H]2CC[C@H](C2)[C@H]1C(=O)O. The first-order chi connectivity index (χ1) is 7.79. The summed E-state index contributed by atoms with van der Waals surface area (Å²) in [7, 11) is 0. The second-order valence-corrected chi connectivity index (χ2v) is 5.90. The van der Waals surface area contributed by atoms with Gasteiger partial charge in [0, 0.05) is 6.04 Å². The van der Waals surface area contributed by atoms with Crippen LogP contribution in [-0.4, -0.2) is 39.8 Å². The number of carbonyl (C=O) groups is 2. The van der Waals surface area contributed by atoms with Crippen molar-refractivity contribution in [2.75, 3.05) is 0 Å². The molecule has 1 aliphatic carbocycles. The lowest BCUT2D eigenvalue weighted by molar-refractivity contribution is -0.144. The number of amides is 1. The van der Waals surface area contributed by atoms with E-state index in [1.54, 1.807) is 20.8 Å². The molecule has 1 saturated heterocycles. The zero-order valence-electron chi connectivity index (χ0n) is 10.5. The minimum atomic E-state index is -0.914. The number of hydrogen-bond acceptors (Lipinski definition) is 3. The summed E-state index contributed by atoms with van der Waals surface area (Å²) in [5, 5.41) is 9.20. The van der Waals surface area contributed by atoms with Crippen LogP contribution in [0.3, 0.4) is 0 Å². The van der Waals surface area contributed by atoms with Gasteiger partial charge in [-0.15, -0.1) is 0 Å². The number of carboxylic acid groups (broad SMARTS) is 1. The van der Waals surface area contributed by atoms with Crippen molar-refractivity contribution in [3.8, 4) is 0 Å². The van der Waals surface area contributed by atoms with Crippen LogP contribution in [0.1, 0.15) is 40.0 Å². The number of hydrogen-bond donors (Lipinski definition) is 1. The van der Waals surface area contributed by atoms with E-state index in [2.05, 4.69) is 0 Å². The Morgan fingerprint density at radius 1 is 1.29 bits per heavy atom. The van der Waals surface area contributed by atoms with Crippen molar-refractivity contribution in [1.29, 1.82) is 0 Å². The smallest absolute Gasteiger partial charge is 0.411 e. The van der Waals surface area contributed by atoms with Crippen LogP contribution in [0, 0.1) is 5.92 Å². The van der Waals surface area contributed by atoms with Crippen molar-refractivity contribution in [1.82, 2.24) is 4.90 Å². The number of ether oxygens (including phenoxy) is 1. The van der Waals surface area contributed by atoms with Crippen LogP contribution in [0.25, 0.3) is 0 Å². The molecule has 2 fully saturated rings. The van der Waals surface area contributed by atoms with Gasteiger partial charge in [-0.05, 0) is 46.0 Å². The van der Waals surface area contributed by atoms with Crippen molar-refractivity contribution in [2.24, 2.45) is 5.92 Å². The standard InChI is InChI=1S/C12H19NO4/c1-12(2,3)17-11(16)13-8-5-4-7(6-8)9(13)10(14)15/h7-9H,4-6H2,1-3H3,(H,14,15)/t7-,8+,9+/m1/s1. The minimum absolute atomic E-state index is 0.0518. The van der Waals surface area contributed by atoms with Gasteiger partial charge in [0.1, 0.15) is 11.6 Å². The number of carbonyl (C=O) groups excluding carboxylic acids is 1. The number of carboxylic acids is 1. The molecular formula is C12H19NO4. The van der Waals surface area contributed by atoms with Crippen LogP contribution in [0.15, 0.2) is 0 Å². The predicted octanol–water partition coefficient (Wildman–Crippen LogP) is 1.86. The number of fused-ring (bicyclic) bond motifs is 2. The summed E-state index contributed by atoms with van der Waals surface area (Å²) in [5.74, 6) is -0.812. The van der Waals surface area contributed by atoms with Crippen molar-refractivity contribution in [3.05, 3.63) is 0 Å². The first kappa shape index (κ1) is 12.2. The number of rotatable bonds is 1. The van der Waals surface area contributed by atoms with E-state index in [1.165, 1.54) is 4.90 Å². The molecule has 3 atom stereocenters. The largest absolute Gasteiger partial charge is 0.480 e. The molecule has 0 aromatic rings. The first-order valence-corrected chi connectivity index (χ1v) is 6.04. The lowest BCUT2D eigenvalue weighted by Crippen LogP contribution is -2.50. The lowest BCUT2D eigenvalue weighted by atomic mass is 9.99. The van der Waals surface area contributed by atoms with Gasteiger partial charge in [0.25, 0.3) is 0 Å². The van der Waals surface area contributed by atoms with Crippen molar-refractivity contribution in [3.63, 3.8) is 0 Å². The van der Waals surface area contributed by atoms with Gasteiger partial charge in [-0.3, -0.25) is 4.90 Å². The Balaban J connectivity index is 2.14. The van der Waals surface area contributed by atoms with Gasteiger partial charge in [-0.25, -0.2) is 9.59 Å². The number of nitrogens with zero attached hydrogens (tertiary/aromatic N) is 1. The fourth-order valence-corrected chi connectivity index (χ4v) is 2.88. The summed E-state index contributed by atoms with van der Waals surface area (Å²) in [6.45, 7) is 5.36. The third kappa shape index (κ3) is 2.23. The molecule has 5 nitrogen and oxygen atoms in total. The molecular weight excluding hydrogens is 222 g/mol. The predicted molar refractivity (Wildman–Crippen MR) is 60.6 cm³/mol. The molecule has 2 bridgehead atoms. The topological polar surface area (TPSA) is 66.8 Å². The highest BCUT2D eigenvalue weighted by Gasteiger charge is 2.52. The van der Waals surface area contributed by atoms with Crippen LogP contribution < -0.4 is 0 Å². The Labute approximate surface area is 101 Å². The number of piperidine rings is 1. The zero-order chi connectivity index (χ0) is 12.8. The van der Waals surface area contributed by atoms with E-state index in [0.29, 0.717) is 0 Å². The second kappa shape index (κ2) is 3.89. The minimum Gasteiger partial charge on any atom is -0.480 e. The van der Waals surface area contributed by atoms with Gasteiger partial charge in [-0.1, -0.05) is 0 Å². The number of aliphatic carboxylic acids is 1. The Hall–Kier alpha value is -1.26. The highest BCUT2D eigenvalue weighted by molar-refractivity contribution is 5.82. The van der Waals surface area contributed by atoms with Gasteiger partial charge in [0.05, 0.1) is 0 Å². The maximum absolute atomic E-state index is 12.0. The van der Waals surface area contributed by atoms with Gasteiger partial charge in [0.15, 0.2) is 0 Å². The van der Waals surface area contributed by atoms with Crippen molar-refractivity contribution < 1.29 is 19.4 Å². The molecule has 17 heavy (non-hydrogen) atoms. The molecule has 0 aromatic heterocycles. The van der Waals surface area contributed by atoms with E-state index in [0.717, 1.165) is 19.3 Å². The molecule has 1 aliphatic heterocycles. The maximum atomic E-state index is 12.0. The fraction of sp³-hybridized carbons (Fsp3) is 0.833. The Morgan fingerprint density at radius 3 is 2.47 bits per heavy atom. The Morgan fingerprint density at radius 2 is 1.94 bits per heavy atom. The monoisotopic (exact) mass is 241 g/mol. The molecule has 0 radical (unpaired) electrons. The van der Waals surface area contributed by atoms with Gasteiger partial charge in [0.2, 0.25) is 0 Å². The Bertz CT molecular complexity index is 347. The summed E-state index contributed by atoms with van der Waals surface area (Å²) < 4.78 is 5.28. The van der Waals surface area contributed by atoms with Crippen LogP contribution in [0.2, 0.25) is 0 Å². The van der Waals surface area contributed by atoms with Crippen LogP contribution in [0.4, 0.5) is 4.79 Å². The summed E-state index contributed by atoms with van der Waals surface area (Å²) in [6, 6.07) is -0.639. The average Bonchev–Trinajstić information content (AvgIpc) is 2.72. The van der Waals surface area contributed by atoms with E-state index in [4.69, 9.17) is 4.74 Å².